The third-order valence-corrected chi connectivity index (χ3v) is 15.5. The predicted octanol–water partition coefficient (Wildman–Crippen LogP) is 1.41. The summed E-state index contributed by atoms with van der Waals surface area (Å²) >= 11 is 0. The number of nitrogens with zero attached hydrogens (tertiary/aromatic N) is 1. The molecule has 1 saturated heterocycles. The van der Waals surface area contributed by atoms with E-state index in [0.29, 0.717) is 39.4 Å². The van der Waals surface area contributed by atoms with Crippen LogP contribution < -0.4 is 34.7 Å². The molecule has 13 unspecified atom stereocenters. The topological polar surface area (TPSA) is 299 Å². The maximum Gasteiger partial charge on any atom is 0.317 e. The number of aliphatic hydroxyl groups is 6. The van der Waals surface area contributed by atoms with E-state index < -0.39 is 103 Å². The maximum absolute atomic E-state index is 13.1. The minimum atomic E-state index is -2.36. The maximum atomic E-state index is 13.1. The Labute approximate surface area is 404 Å². The lowest BCUT2D eigenvalue weighted by molar-refractivity contribution is -0.408. The highest BCUT2D eigenvalue weighted by Gasteiger charge is 2.77. The average molecular weight is 975 g/mol. The summed E-state index contributed by atoms with van der Waals surface area (Å²) in [7, 11) is 0. The van der Waals surface area contributed by atoms with Gasteiger partial charge in [0, 0.05) is 53.0 Å². The second-order valence-corrected chi connectivity index (χ2v) is 19.2. The summed E-state index contributed by atoms with van der Waals surface area (Å²) in [6.07, 6.45) is -4.32. The Morgan fingerprint density at radius 3 is 2.62 bits per heavy atom. The van der Waals surface area contributed by atoms with Gasteiger partial charge in [0.15, 0.2) is 35.6 Å². The molecule has 1 saturated carbocycles. The smallest absolute Gasteiger partial charge is 0.317 e. The number of aromatic amines is 1. The third-order valence-electron chi connectivity index (χ3n) is 15.5. The van der Waals surface area contributed by atoms with Crippen molar-refractivity contribution in [2.75, 3.05) is 13.4 Å². The van der Waals surface area contributed by atoms with E-state index >= 15 is 0 Å². The largest absolute Gasteiger partial charge is 0.487 e. The monoisotopic (exact) mass is 974 g/mol. The number of hydrogen-bond acceptors (Lipinski definition) is 17. The van der Waals surface area contributed by atoms with E-state index in [1.54, 1.807) is 18.3 Å². The number of carboxylic acid groups (broad SMARTS) is 1. The summed E-state index contributed by atoms with van der Waals surface area (Å²) in [6.45, 7) is -1.17. The van der Waals surface area contributed by atoms with E-state index in [2.05, 4.69) is 22.1 Å². The Balaban J connectivity index is 1.07. The van der Waals surface area contributed by atoms with Crippen LogP contribution >= 0.6 is 0 Å². The number of hydrogen-bond donors (Lipinski definition) is 10. The molecule has 2 fully saturated rings. The van der Waals surface area contributed by atoms with Crippen LogP contribution in [0, 0.1) is 17.8 Å². The fourth-order valence-electron chi connectivity index (χ4n) is 12.3. The fraction of sp³-hybridized carbons (Fsp3) is 0.412. The summed E-state index contributed by atoms with van der Waals surface area (Å²) in [4.78, 5) is 27.9. The molecule has 8 heterocycles. The lowest BCUT2D eigenvalue weighted by Crippen LogP contribution is -2.85. The predicted molar refractivity (Wildman–Crippen MR) is 244 cm³/mol. The van der Waals surface area contributed by atoms with Crippen LogP contribution in [-0.2, 0) is 38.6 Å². The first-order valence-corrected chi connectivity index (χ1v) is 23.4. The van der Waals surface area contributed by atoms with Crippen molar-refractivity contribution in [2.24, 2.45) is 11.7 Å². The molecule has 7 aliphatic rings. The van der Waals surface area contributed by atoms with Gasteiger partial charge in [0.25, 0.3) is 0 Å². The third kappa shape index (κ3) is 6.68. The first-order chi connectivity index (χ1) is 34.3. The SMILES string of the molecule is NC1NC=CC2(OC3Oc4cc5c(c(Cn6cc7cc[nH]c7c6CO)c4CC4CCC2(O)C(O)C43O)C2Oc3c4ccc(OCO)c3OCC(O)C#CC(c3ccccc3)C(O5)C42)C1OC(=O)CC(=O)O. The summed E-state index contributed by atoms with van der Waals surface area (Å²) in [5.74, 6) is 2.55. The molecule has 20 heteroatoms. The lowest BCUT2D eigenvalue weighted by atomic mass is 9.56. The highest BCUT2D eigenvalue weighted by Crippen LogP contribution is 2.63. The van der Waals surface area contributed by atoms with Gasteiger partial charge in [0.05, 0.1) is 29.7 Å². The number of carboxylic acids is 1. The zero-order valence-electron chi connectivity index (χ0n) is 37.8. The van der Waals surface area contributed by atoms with Gasteiger partial charge in [-0.2, -0.15) is 0 Å². The lowest BCUT2D eigenvalue weighted by Gasteiger charge is -2.64. The number of benzene rings is 3. The van der Waals surface area contributed by atoms with Crippen LogP contribution in [0.5, 0.6) is 28.7 Å². The van der Waals surface area contributed by atoms with Gasteiger partial charge in [0.1, 0.15) is 60.7 Å². The van der Waals surface area contributed by atoms with Crippen molar-refractivity contribution in [3.8, 4) is 40.6 Å². The van der Waals surface area contributed by atoms with Crippen molar-refractivity contribution >= 4 is 22.8 Å². The number of carbonyl (C=O) groups is 2. The van der Waals surface area contributed by atoms with Gasteiger partial charge < -0.3 is 89.5 Å². The zero-order chi connectivity index (χ0) is 49.1. The number of esters is 1. The Morgan fingerprint density at radius 2 is 1.83 bits per heavy atom. The fourth-order valence-corrected chi connectivity index (χ4v) is 12.3. The number of carbonyl (C=O) groups excluding carboxylic acids is 1. The van der Waals surface area contributed by atoms with Gasteiger partial charge in [-0.05, 0) is 54.8 Å². The van der Waals surface area contributed by atoms with Crippen molar-refractivity contribution in [3.63, 3.8) is 0 Å². The summed E-state index contributed by atoms with van der Waals surface area (Å²) in [6, 6.07) is 16.5. The molecule has 11 N–H and O–H groups in total. The first-order valence-electron chi connectivity index (χ1n) is 23.4. The van der Waals surface area contributed by atoms with Crippen LogP contribution in [0.2, 0.25) is 0 Å². The number of fused-ring (bicyclic) bond motifs is 6. The van der Waals surface area contributed by atoms with Crippen LogP contribution in [0.25, 0.3) is 10.9 Å². The molecule has 71 heavy (non-hydrogen) atoms. The Kier molecular flexibility index (Phi) is 10.6. The van der Waals surface area contributed by atoms with Crippen LogP contribution in [0.3, 0.4) is 0 Å². The van der Waals surface area contributed by atoms with Gasteiger partial charge in [-0.25, -0.2) is 0 Å². The molecule has 6 bridgehead atoms. The first kappa shape index (κ1) is 45.3. The van der Waals surface area contributed by atoms with E-state index in [0.717, 1.165) is 16.5 Å². The summed E-state index contributed by atoms with van der Waals surface area (Å²) < 4.78 is 47.5. The number of nitrogens with one attached hydrogen (secondary N) is 2. The normalized spacial score (nSPS) is 33.5. The minimum absolute atomic E-state index is 0.0581. The summed E-state index contributed by atoms with van der Waals surface area (Å²) in [5.41, 5.74) is 4.17. The highest BCUT2D eigenvalue weighted by molar-refractivity contribution is 5.90. The van der Waals surface area contributed by atoms with Crippen molar-refractivity contribution in [2.45, 2.75) is 110 Å². The standard InChI is InChI=1S/C51H50N4O16/c52-46-45(69-37(61)18-36(59)60)50(13-15-54-46)49(63)12-10-26-16-30-31(20-55-19-25-11-14-53-40(25)32(55)21-56)38-35(17-34(30)68-48(71-50)51(26,64)47(49)62)67-41-28(24-4-2-1-3-5-24)7-6-27(58)22-65-43-33(66-23-57)9-8-29-39(41)44(38)70-42(29)43/h1-5,8-9,11,13-15,17,19,26-28,39,41,44-48,53-54,56-58,62-64H,10,12,16,18,20-23,52H2,(H,59,60). The average Bonchev–Trinajstić information content (AvgIpc) is 4.03. The molecule has 2 aromatic heterocycles. The number of aliphatic hydroxyl groups excluding tert-OH is 4. The van der Waals surface area contributed by atoms with Crippen LogP contribution in [0.4, 0.5) is 0 Å². The Morgan fingerprint density at radius 1 is 1.00 bits per heavy atom. The second kappa shape index (κ2) is 16.6. The number of nitrogens with two attached hydrogens (primary N) is 1. The second-order valence-electron chi connectivity index (χ2n) is 19.2. The molecular weight excluding hydrogens is 925 g/mol. The van der Waals surface area contributed by atoms with Crippen molar-refractivity contribution in [1.82, 2.24) is 14.9 Å². The Hall–Kier alpha value is -6.80. The molecule has 0 amide bonds. The number of rotatable bonds is 9. The van der Waals surface area contributed by atoms with E-state index in [1.165, 1.54) is 12.3 Å². The zero-order valence-corrected chi connectivity index (χ0v) is 37.8. The van der Waals surface area contributed by atoms with Crippen molar-refractivity contribution < 1.29 is 78.5 Å². The molecule has 0 radical (unpaired) electrons. The molecule has 12 rings (SSSR count). The van der Waals surface area contributed by atoms with E-state index in [1.807, 2.05) is 53.2 Å². The molecular formula is C51H50N4O16. The van der Waals surface area contributed by atoms with E-state index in [-0.39, 0.29) is 56.3 Å². The van der Waals surface area contributed by atoms with Crippen molar-refractivity contribution in [1.29, 1.82) is 0 Å². The molecule has 6 aliphatic heterocycles. The summed E-state index contributed by atoms with van der Waals surface area (Å²) in [5, 5.41) is 83.4. The minimum Gasteiger partial charge on any atom is -0.487 e. The quantitative estimate of drug-likeness (QED) is 0.0432. The molecule has 370 valence electrons. The van der Waals surface area contributed by atoms with E-state index in [4.69, 9.17) is 38.9 Å². The van der Waals surface area contributed by atoms with Gasteiger partial charge in [0.2, 0.25) is 12.0 Å². The van der Waals surface area contributed by atoms with Gasteiger partial charge >= 0.3 is 11.9 Å². The molecule has 1 spiro atoms. The number of aromatic nitrogens is 2. The van der Waals surface area contributed by atoms with Crippen LogP contribution in [-0.4, -0.2) is 124 Å². The number of H-pyrrole nitrogens is 1. The van der Waals surface area contributed by atoms with Gasteiger partial charge in [-0.15, -0.1) is 0 Å². The molecule has 20 nitrogen and oxygen atoms in total. The van der Waals surface area contributed by atoms with Crippen LogP contribution in [0.1, 0.15) is 70.7 Å². The Bertz CT molecular complexity index is 3070. The molecule has 1 aliphatic carbocycles. The van der Waals surface area contributed by atoms with Gasteiger partial charge in [-0.1, -0.05) is 48.2 Å². The van der Waals surface area contributed by atoms with Gasteiger partial charge in [-0.3, -0.25) is 9.59 Å². The number of aliphatic carboxylic acids is 1. The van der Waals surface area contributed by atoms with E-state index in [9.17, 15) is 45.3 Å². The highest BCUT2D eigenvalue weighted by atomic mass is 16.7. The van der Waals surface area contributed by atoms with Crippen molar-refractivity contribution in [3.05, 3.63) is 113 Å². The van der Waals surface area contributed by atoms with Crippen LogP contribution in [0.15, 0.2) is 79.3 Å². The molecule has 3 aromatic carbocycles. The number of ether oxygens (including phenoxy) is 7. The molecule has 5 aromatic rings. The molecule has 13 atom stereocenters.